The molecule has 0 unspecified atom stereocenters. The Kier molecular flexibility index (Phi) is 14.7. The first-order valence-electron chi connectivity index (χ1n) is 13.3. The first-order chi connectivity index (χ1) is 18.2. The molecule has 3 N–H and O–H groups in total. The number of carbonyl (C=O) groups is 1. The van der Waals surface area contributed by atoms with Gasteiger partial charge in [-0.05, 0) is 82.7 Å². The molecule has 4 nitrogen and oxygen atoms in total. The Morgan fingerprint density at radius 2 is 1.55 bits per heavy atom. The Hall–Kier alpha value is -2.70. The van der Waals surface area contributed by atoms with Crippen LogP contribution in [0.3, 0.4) is 0 Å². The van der Waals surface area contributed by atoms with Crippen LogP contribution in [0.1, 0.15) is 74.9 Å². The number of benzene rings is 2. The summed E-state index contributed by atoms with van der Waals surface area (Å²) < 4.78 is 0. The van der Waals surface area contributed by atoms with Crippen molar-refractivity contribution < 1.29 is 15.0 Å². The maximum Gasteiger partial charge on any atom is 0.185 e. The van der Waals surface area contributed by atoms with Gasteiger partial charge < -0.3 is 15.5 Å². The van der Waals surface area contributed by atoms with Crippen molar-refractivity contribution in [2.45, 2.75) is 71.1 Å². The smallest absolute Gasteiger partial charge is 0.185 e. The standard InChI is InChI=1S/C33H43NO3S/c1-25(2)9-7-10-26(3)11-8-12-27(4)21-22-38-32-14-6-5-13-30(32)19-20-31(35)29-17-15-28(16-18-29)23-34-24-33(36)37/h5-6,9,11,13-21,33-34,36-37H,7-8,10,12,22-24H2,1-4H3/b20-19+,26-11?,27-21?. The molecule has 38 heavy (non-hydrogen) atoms. The number of hydrogen-bond donors (Lipinski definition) is 3. The average molecular weight is 534 g/mol. The fourth-order valence-electron chi connectivity index (χ4n) is 3.76. The van der Waals surface area contributed by atoms with Crippen LogP contribution < -0.4 is 5.32 Å². The van der Waals surface area contributed by atoms with Gasteiger partial charge in [0.05, 0.1) is 0 Å². The number of rotatable bonds is 16. The number of hydrogen-bond acceptors (Lipinski definition) is 5. The maximum absolute atomic E-state index is 12.7. The fourth-order valence-corrected chi connectivity index (χ4v) is 4.78. The molecule has 0 spiro atoms. The Morgan fingerprint density at radius 1 is 0.895 bits per heavy atom. The summed E-state index contributed by atoms with van der Waals surface area (Å²) in [6, 6.07) is 15.5. The predicted octanol–water partition coefficient (Wildman–Crippen LogP) is 7.49. The Morgan fingerprint density at radius 3 is 2.24 bits per heavy atom. The van der Waals surface area contributed by atoms with Crippen LogP contribution in [0, 0.1) is 0 Å². The molecule has 0 saturated heterocycles. The van der Waals surface area contributed by atoms with E-state index >= 15 is 0 Å². The zero-order valence-electron chi connectivity index (χ0n) is 23.2. The molecule has 0 radical (unpaired) electrons. The highest BCUT2D eigenvalue weighted by Crippen LogP contribution is 2.25. The molecule has 5 heteroatoms. The lowest BCUT2D eigenvalue weighted by atomic mass is 10.1. The van der Waals surface area contributed by atoms with Crippen LogP contribution in [0.25, 0.3) is 6.08 Å². The summed E-state index contributed by atoms with van der Waals surface area (Å²) in [4.78, 5) is 13.8. The third kappa shape index (κ3) is 13.2. The molecule has 0 saturated carbocycles. The van der Waals surface area contributed by atoms with Crippen molar-refractivity contribution in [2.24, 2.45) is 0 Å². The largest absolute Gasteiger partial charge is 0.367 e. The fraction of sp³-hybridized carbons (Fsp3) is 0.364. The van der Waals surface area contributed by atoms with E-state index in [2.05, 4.69) is 57.3 Å². The first kappa shape index (κ1) is 31.5. The molecule has 0 amide bonds. The average Bonchev–Trinajstić information content (AvgIpc) is 2.88. The molecule has 0 aliphatic heterocycles. The Balaban J connectivity index is 1.86. The third-order valence-corrected chi connectivity index (χ3v) is 7.04. The number of thioether (sulfide) groups is 1. The second-order valence-corrected chi connectivity index (χ2v) is 10.9. The number of carbonyl (C=O) groups excluding carboxylic acids is 1. The van der Waals surface area contributed by atoms with E-state index in [4.69, 9.17) is 10.2 Å². The van der Waals surface area contributed by atoms with Crippen LogP contribution in [-0.4, -0.2) is 34.6 Å². The van der Waals surface area contributed by atoms with Gasteiger partial charge in [0.1, 0.15) is 0 Å². The zero-order valence-corrected chi connectivity index (χ0v) is 24.1. The minimum Gasteiger partial charge on any atom is -0.367 e. The summed E-state index contributed by atoms with van der Waals surface area (Å²) >= 11 is 1.78. The quantitative estimate of drug-likeness (QED) is 0.0685. The minimum atomic E-state index is -1.37. The summed E-state index contributed by atoms with van der Waals surface area (Å²) in [7, 11) is 0. The highest BCUT2D eigenvalue weighted by atomic mass is 32.2. The van der Waals surface area contributed by atoms with E-state index in [1.807, 2.05) is 36.4 Å². The van der Waals surface area contributed by atoms with Crippen molar-refractivity contribution in [2.75, 3.05) is 12.3 Å². The summed E-state index contributed by atoms with van der Waals surface area (Å²) in [5, 5.41) is 20.8. The van der Waals surface area contributed by atoms with E-state index in [0.29, 0.717) is 12.1 Å². The molecule has 2 aromatic carbocycles. The SMILES string of the molecule is CC(C)=CCCC(C)=CCCC(C)=CCSc1ccccc1/C=C/C(=O)c1ccc(CNCC(O)O)cc1. The van der Waals surface area contributed by atoms with Gasteiger partial charge in [0.2, 0.25) is 0 Å². The van der Waals surface area contributed by atoms with Gasteiger partial charge in [-0.25, -0.2) is 0 Å². The van der Waals surface area contributed by atoms with Gasteiger partial charge in [0, 0.05) is 29.3 Å². The van der Waals surface area contributed by atoms with Crippen molar-refractivity contribution in [3.8, 4) is 0 Å². The number of nitrogens with one attached hydrogen (secondary N) is 1. The molecule has 0 atom stereocenters. The van der Waals surface area contributed by atoms with Crippen LogP contribution in [0.4, 0.5) is 0 Å². The molecule has 0 aliphatic rings. The van der Waals surface area contributed by atoms with Crippen LogP contribution in [0.5, 0.6) is 0 Å². The highest BCUT2D eigenvalue weighted by Gasteiger charge is 2.04. The molecule has 2 aromatic rings. The number of allylic oxidation sites excluding steroid dienone is 6. The lowest BCUT2D eigenvalue weighted by Crippen LogP contribution is -2.25. The molecular weight excluding hydrogens is 490 g/mol. The van der Waals surface area contributed by atoms with Crippen molar-refractivity contribution in [1.29, 1.82) is 0 Å². The monoisotopic (exact) mass is 533 g/mol. The molecule has 0 fully saturated rings. The highest BCUT2D eigenvalue weighted by molar-refractivity contribution is 7.99. The van der Waals surface area contributed by atoms with Crippen molar-refractivity contribution in [3.63, 3.8) is 0 Å². The van der Waals surface area contributed by atoms with E-state index in [1.165, 1.54) is 16.7 Å². The Labute approximate surface area is 233 Å². The molecule has 0 aliphatic carbocycles. The van der Waals surface area contributed by atoms with Crippen LogP contribution in [0.2, 0.25) is 0 Å². The topological polar surface area (TPSA) is 69.6 Å². The van der Waals surface area contributed by atoms with Gasteiger partial charge in [-0.15, -0.1) is 11.8 Å². The summed E-state index contributed by atoms with van der Waals surface area (Å²) in [5.74, 6) is 0.853. The minimum absolute atomic E-state index is 0.0463. The first-order valence-corrected chi connectivity index (χ1v) is 14.3. The summed E-state index contributed by atoms with van der Waals surface area (Å²) in [6.45, 7) is 9.33. The van der Waals surface area contributed by atoms with Crippen LogP contribution in [0.15, 0.2) is 94.4 Å². The number of aliphatic hydroxyl groups is 2. The van der Waals surface area contributed by atoms with Crippen molar-refractivity contribution >= 4 is 23.6 Å². The second kappa shape index (κ2) is 17.7. The van der Waals surface area contributed by atoms with Crippen LogP contribution >= 0.6 is 11.8 Å². The maximum atomic E-state index is 12.7. The molecule has 204 valence electrons. The lowest BCUT2D eigenvalue weighted by Gasteiger charge is -2.07. The predicted molar refractivity (Wildman–Crippen MR) is 162 cm³/mol. The van der Waals surface area contributed by atoms with E-state index < -0.39 is 6.29 Å². The Bertz CT molecular complexity index is 1120. The number of aliphatic hydroxyl groups excluding tert-OH is 1. The van der Waals surface area contributed by atoms with Gasteiger partial charge in [0.25, 0.3) is 0 Å². The van der Waals surface area contributed by atoms with E-state index in [9.17, 15) is 4.79 Å². The van der Waals surface area contributed by atoms with Crippen LogP contribution in [-0.2, 0) is 6.54 Å². The number of ketones is 1. The summed E-state index contributed by atoms with van der Waals surface area (Å²) in [6.07, 6.45) is 13.5. The summed E-state index contributed by atoms with van der Waals surface area (Å²) in [5.41, 5.74) is 6.89. The van der Waals surface area contributed by atoms with Gasteiger partial charge >= 0.3 is 0 Å². The van der Waals surface area contributed by atoms with E-state index in [1.54, 1.807) is 30.0 Å². The molecule has 0 bridgehead atoms. The van der Waals surface area contributed by atoms with Gasteiger partial charge in [0.15, 0.2) is 12.1 Å². The van der Waals surface area contributed by atoms with Crippen molar-refractivity contribution in [1.82, 2.24) is 5.32 Å². The van der Waals surface area contributed by atoms with Crippen molar-refractivity contribution in [3.05, 3.63) is 106 Å². The van der Waals surface area contributed by atoms with E-state index in [0.717, 1.165) is 47.5 Å². The third-order valence-electron chi connectivity index (χ3n) is 6.02. The molecular formula is C33H43NO3S. The zero-order chi connectivity index (χ0) is 27.8. The molecule has 0 heterocycles. The normalized spacial score (nSPS) is 12.4. The molecule has 0 aromatic heterocycles. The van der Waals surface area contributed by atoms with Gasteiger partial charge in [-0.3, -0.25) is 4.79 Å². The van der Waals surface area contributed by atoms with Gasteiger partial charge in [-0.2, -0.15) is 0 Å². The lowest BCUT2D eigenvalue weighted by molar-refractivity contribution is -0.0373. The molecule has 2 rings (SSSR count). The second-order valence-electron chi connectivity index (χ2n) is 9.81. The van der Waals surface area contributed by atoms with E-state index in [-0.39, 0.29) is 12.3 Å². The van der Waals surface area contributed by atoms with Gasteiger partial charge in [-0.1, -0.05) is 77.4 Å².